The number of hydrogen-bond donors (Lipinski definition) is 0. The van der Waals surface area contributed by atoms with E-state index in [0.29, 0.717) is 9.80 Å². The van der Waals surface area contributed by atoms with Crippen molar-refractivity contribution in [3.05, 3.63) is 23.7 Å². The van der Waals surface area contributed by atoms with Crippen molar-refractivity contribution in [2.45, 2.75) is 12.2 Å². The van der Waals surface area contributed by atoms with Gasteiger partial charge in [0.1, 0.15) is 0 Å². The summed E-state index contributed by atoms with van der Waals surface area (Å²) >= 11 is -9.19. The number of ether oxygens (including phenoxy) is 2. The Morgan fingerprint density at radius 2 is 0.944 bits per heavy atom. The van der Waals surface area contributed by atoms with E-state index >= 15 is 0 Å². The average molecular weight is 691 g/mol. The van der Waals surface area contributed by atoms with Crippen LogP contribution in [0.2, 0.25) is 0 Å². The number of rotatable bonds is 3. The maximum absolute atomic E-state index is 12.9. The van der Waals surface area contributed by atoms with Gasteiger partial charge in [-0.2, -0.15) is 43.9 Å². The second-order valence-corrected chi connectivity index (χ2v) is 9.70. The topological polar surface area (TPSA) is 24.9 Å². The van der Waals surface area contributed by atoms with Crippen molar-refractivity contribution in [3.63, 3.8) is 0 Å². The van der Waals surface area contributed by atoms with Crippen LogP contribution in [0.15, 0.2) is 23.7 Å². The zero-order chi connectivity index (χ0) is 27.0. The molecule has 0 radical (unpaired) electrons. The molecule has 0 aromatic heterocycles. The molecule has 0 N–H and O–H groups in total. The zero-order valence-electron chi connectivity index (χ0n) is 17.3. The standard InChI is InChI=1S/2C7H8F5NO.7FH.Sb/c8-5(7(10,11)12)6(9)13-1-3-14-4-2-13;8-5(6(9)10)7(11,12)13-1-3-14-4-2-13;;;;;;;;/h2*1-4H2;7*1H;/q;;;;;;;;;+5/p-5/b6-5-;;;;;;;;;. The molecule has 0 aromatic carbocycles. The van der Waals surface area contributed by atoms with Crippen LogP contribution in [0.4, 0.5) is 67.4 Å². The summed E-state index contributed by atoms with van der Waals surface area (Å²) in [6, 6.07) is -4.23. The van der Waals surface area contributed by atoms with E-state index in [1.54, 1.807) is 0 Å². The predicted octanol–water partition coefficient (Wildman–Crippen LogP) is 6.00. The van der Waals surface area contributed by atoms with E-state index in [4.69, 9.17) is 9.47 Å². The van der Waals surface area contributed by atoms with Crippen molar-refractivity contribution >= 4 is 20.3 Å². The van der Waals surface area contributed by atoms with Crippen LogP contribution in [0.5, 0.6) is 0 Å². The predicted molar refractivity (Wildman–Crippen MR) is 91.7 cm³/mol. The third kappa shape index (κ3) is 16.5. The van der Waals surface area contributed by atoms with Gasteiger partial charge in [-0.25, -0.2) is 4.90 Å². The molecule has 2 aliphatic heterocycles. The van der Waals surface area contributed by atoms with Gasteiger partial charge in [-0.3, -0.25) is 9.41 Å². The summed E-state index contributed by atoms with van der Waals surface area (Å²) in [7, 11) is 0. The number of alkyl halides is 5. The van der Waals surface area contributed by atoms with Crippen LogP contribution in [-0.2, 0) is 9.47 Å². The number of nitrogens with zero attached hydrogens (tertiary/aromatic N) is 2. The van der Waals surface area contributed by atoms with Gasteiger partial charge < -0.3 is 14.4 Å². The van der Waals surface area contributed by atoms with Crippen molar-refractivity contribution in [1.82, 2.24) is 9.80 Å². The molecule has 0 unspecified atom stereocenters. The summed E-state index contributed by atoms with van der Waals surface area (Å²) in [6.07, 6.45) is -8.25. The van der Waals surface area contributed by atoms with Gasteiger partial charge in [0.2, 0.25) is 11.8 Å². The number of halogens is 17. The SMILES string of the molecule is F.F.F/C(=C(/F)C(F)(F)F)N1CCOCC1.FC(F)=C(F)C(F)(F)N1CCOCC1.[F][Sb]([F])([F])([F])[F]. The molecule has 0 atom stereocenters. The molecule has 0 amide bonds. The van der Waals surface area contributed by atoms with E-state index in [9.17, 15) is 58.0 Å². The van der Waals surface area contributed by atoms with Gasteiger partial charge in [-0.05, 0) is 0 Å². The van der Waals surface area contributed by atoms with Crippen molar-refractivity contribution in [2.75, 3.05) is 52.6 Å². The molecule has 220 valence electrons. The average Bonchev–Trinajstić information content (AvgIpc) is 2.71. The first-order chi connectivity index (χ1) is 15.1. The molecule has 2 saturated heterocycles. The Balaban J connectivity index is -0.000000475. The van der Waals surface area contributed by atoms with Crippen LogP contribution in [-0.4, -0.2) is 94.9 Å². The molecule has 2 heterocycles. The van der Waals surface area contributed by atoms with Gasteiger partial charge in [0.05, 0.1) is 26.4 Å². The second-order valence-electron chi connectivity index (χ2n) is 6.06. The van der Waals surface area contributed by atoms with Crippen molar-refractivity contribution < 1.29 is 76.9 Å². The molecule has 0 aromatic rings. The number of hydrogen-bond acceptors (Lipinski definition) is 4. The normalized spacial score (nSPS) is 18.9. The Morgan fingerprint density at radius 1 is 0.611 bits per heavy atom. The fourth-order valence-corrected chi connectivity index (χ4v) is 2.11. The van der Waals surface area contributed by atoms with Crippen molar-refractivity contribution in [2.24, 2.45) is 0 Å². The first kappa shape index (κ1) is 39.3. The molecule has 36 heavy (non-hydrogen) atoms. The summed E-state index contributed by atoms with van der Waals surface area (Å²) in [5, 5.41) is 0. The van der Waals surface area contributed by atoms with Gasteiger partial charge >= 0.3 is 52.7 Å². The van der Waals surface area contributed by atoms with E-state index < -0.39 is 56.2 Å². The molecule has 2 aliphatic rings. The first-order valence-corrected chi connectivity index (χ1v) is 13.4. The van der Waals surface area contributed by atoms with Crippen LogP contribution >= 0.6 is 0 Å². The Kier molecular flexibility index (Phi) is 16.7. The summed E-state index contributed by atoms with van der Waals surface area (Å²) in [5.41, 5.74) is 0. The fourth-order valence-electron chi connectivity index (χ4n) is 2.11. The molecule has 0 bridgehead atoms. The minimum absolute atomic E-state index is 0. The molecule has 0 saturated carbocycles. The molecule has 2 rings (SSSR count). The Labute approximate surface area is 196 Å². The third-order valence-electron chi connectivity index (χ3n) is 3.56. The third-order valence-corrected chi connectivity index (χ3v) is 3.56. The summed E-state index contributed by atoms with van der Waals surface area (Å²) in [5.74, 6) is -7.22. The summed E-state index contributed by atoms with van der Waals surface area (Å²) < 4.78 is 181. The van der Waals surface area contributed by atoms with E-state index in [-0.39, 0.29) is 62.0 Å². The Morgan fingerprint density at radius 3 is 1.25 bits per heavy atom. The molecular weight excluding hydrogens is 673 g/mol. The number of allylic oxidation sites excluding steroid dienone is 1. The minimum atomic E-state index is -9.19. The van der Waals surface area contributed by atoms with Gasteiger partial charge in [0.15, 0.2) is 0 Å². The molecule has 4 nitrogen and oxygen atoms in total. The van der Waals surface area contributed by atoms with E-state index in [0.717, 1.165) is 0 Å². The zero-order valence-corrected chi connectivity index (χ0v) is 19.9. The van der Waals surface area contributed by atoms with Crippen LogP contribution in [0.1, 0.15) is 0 Å². The Hall–Kier alpha value is -1.21. The van der Waals surface area contributed by atoms with Gasteiger partial charge in [-0.1, -0.05) is 0 Å². The molecule has 0 aliphatic carbocycles. The number of morpholine rings is 2. The van der Waals surface area contributed by atoms with Crippen LogP contribution in [0.25, 0.3) is 0 Å². The van der Waals surface area contributed by atoms with Crippen LogP contribution < -0.4 is 0 Å². The van der Waals surface area contributed by atoms with Gasteiger partial charge in [-0.15, -0.1) is 0 Å². The van der Waals surface area contributed by atoms with E-state index in [1.807, 2.05) is 0 Å². The van der Waals surface area contributed by atoms with E-state index in [1.165, 1.54) is 0 Å². The van der Waals surface area contributed by atoms with E-state index in [2.05, 4.69) is 0 Å². The molecule has 22 heteroatoms. The van der Waals surface area contributed by atoms with Gasteiger partial charge in [0, 0.05) is 26.2 Å². The monoisotopic (exact) mass is 690 g/mol. The fraction of sp³-hybridized carbons (Fsp3) is 0.714. The maximum atomic E-state index is 12.9. The van der Waals surface area contributed by atoms with Crippen LogP contribution in [0, 0.1) is 0 Å². The summed E-state index contributed by atoms with van der Waals surface area (Å²) in [4.78, 5) is 0.997. The first-order valence-electron chi connectivity index (χ1n) is 8.60. The quantitative estimate of drug-likeness (QED) is 0.206. The molecule has 2 fully saturated rings. The van der Waals surface area contributed by atoms with Gasteiger partial charge in [0.25, 0.3) is 5.83 Å². The molecule has 0 spiro atoms. The molecular formula is C14H18F17N2O2Sb. The van der Waals surface area contributed by atoms with Crippen molar-refractivity contribution in [1.29, 1.82) is 0 Å². The second kappa shape index (κ2) is 15.3. The van der Waals surface area contributed by atoms with Crippen molar-refractivity contribution in [3.8, 4) is 0 Å². The summed E-state index contributed by atoms with van der Waals surface area (Å²) in [6.45, 7) is -0.531. The van der Waals surface area contributed by atoms with Crippen LogP contribution in [0.3, 0.4) is 0 Å². The Bertz CT molecular complexity index is 689.